The Balaban J connectivity index is 2.99. The van der Waals surface area contributed by atoms with E-state index in [1.165, 1.54) is 4.68 Å². The summed E-state index contributed by atoms with van der Waals surface area (Å²) in [4.78, 5) is 11.7. The van der Waals surface area contributed by atoms with Crippen molar-refractivity contribution in [2.24, 2.45) is 0 Å². The van der Waals surface area contributed by atoms with Crippen LogP contribution in [0.2, 0.25) is 0 Å². The molecule has 1 aromatic rings. The third kappa shape index (κ3) is 3.21. The summed E-state index contributed by atoms with van der Waals surface area (Å²) in [6.07, 6.45) is 1.15. The maximum absolute atomic E-state index is 11.7. The van der Waals surface area contributed by atoms with Gasteiger partial charge in [-0.3, -0.25) is 14.6 Å². The molecule has 0 bridgehead atoms. The third-order valence-corrected chi connectivity index (χ3v) is 3.88. The highest BCUT2D eigenvalue weighted by Crippen LogP contribution is 2.18. The molecule has 0 spiro atoms. The van der Waals surface area contributed by atoms with Gasteiger partial charge in [-0.2, -0.15) is 0 Å². The molecule has 16 heavy (non-hydrogen) atoms. The first-order chi connectivity index (χ1) is 7.22. The highest BCUT2D eigenvalue weighted by molar-refractivity contribution is 9.10. The van der Waals surface area contributed by atoms with E-state index >= 15 is 0 Å². The number of aromatic amines is 1. The zero-order valence-corrected chi connectivity index (χ0v) is 11.9. The van der Waals surface area contributed by atoms with Crippen molar-refractivity contribution >= 4 is 25.8 Å². The van der Waals surface area contributed by atoms with Crippen LogP contribution in [-0.4, -0.2) is 30.2 Å². The lowest BCUT2D eigenvalue weighted by Gasteiger charge is -2.02. The summed E-state index contributed by atoms with van der Waals surface area (Å²) >= 11 is 3.21. The number of H-pyrrole nitrogens is 1. The average Bonchev–Trinajstić information content (AvgIpc) is 2.40. The highest BCUT2D eigenvalue weighted by Gasteiger charge is 2.14. The lowest BCUT2D eigenvalue weighted by Crippen LogP contribution is -2.21. The molecule has 0 aliphatic heterocycles. The van der Waals surface area contributed by atoms with E-state index in [-0.39, 0.29) is 23.8 Å². The second-order valence-corrected chi connectivity index (χ2v) is 7.13. The van der Waals surface area contributed by atoms with Gasteiger partial charge < -0.3 is 0 Å². The van der Waals surface area contributed by atoms with Crippen molar-refractivity contribution < 1.29 is 8.42 Å². The van der Waals surface area contributed by atoms with Gasteiger partial charge in [0.15, 0.2) is 0 Å². The molecule has 0 aromatic carbocycles. The van der Waals surface area contributed by atoms with Gasteiger partial charge in [-0.25, -0.2) is 8.42 Å². The zero-order chi connectivity index (χ0) is 12.5. The van der Waals surface area contributed by atoms with Gasteiger partial charge in [-0.1, -0.05) is 13.8 Å². The molecule has 1 N–H and O–H groups in total. The Kier molecular flexibility index (Phi) is 4.01. The van der Waals surface area contributed by atoms with Gasteiger partial charge in [0.05, 0.1) is 18.0 Å². The minimum atomic E-state index is -3.06. The number of aryl methyl sites for hydroxylation is 1. The number of hydrogen-bond acceptors (Lipinski definition) is 3. The molecule has 0 atom stereocenters. The van der Waals surface area contributed by atoms with E-state index < -0.39 is 9.84 Å². The van der Waals surface area contributed by atoms with E-state index in [2.05, 4.69) is 21.0 Å². The van der Waals surface area contributed by atoms with Gasteiger partial charge in [0.2, 0.25) is 0 Å². The van der Waals surface area contributed by atoms with Gasteiger partial charge in [-0.05, 0) is 21.8 Å². The van der Waals surface area contributed by atoms with E-state index in [0.29, 0.717) is 4.47 Å². The van der Waals surface area contributed by atoms with Crippen molar-refractivity contribution in [1.29, 1.82) is 0 Å². The largest absolute Gasteiger partial charge is 0.298 e. The summed E-state index contributed by atoms with van der Waals surface area (Å²) in [7, 11) is -3.06. The number of halogens is 1. The minimum absolute atomic E-state index is 0.0443. The van der Waals surface area contributed by atoms with Crippen LogP contribution in [0.15, 0.2) is 9.27 Å². The Hall–Kier alpha value is -0.560. The Bertz CT molecular complexity index is 527. The minimum Gasteiger partial charge on any atom is -0.298 e. The monoisotopic (exact) mass is 310 g/mol. The smallest absolute Gasteiger partial charge is 0.281 e. The van der Waals surface area contributed by atoms with Crippen LogP contribution in [0.3, 0.4) is 0 Å². The molecule has 92 valence electrons. The van der Waals surface area contributed by atoms with Crippen molar-refractivity contribution in [3.05, 3.63) is 20.5 Å². The van der Waals surface area contributed by atoms with Gasteiger partial charge in [-0.15, -0.1) is 0 Å². The van der Waals surface area contributed by atoms with Gasteiger partial charge in [0.25, 0.3) is 5.56 Å². The Morgan fingerprint density at radius 3 is 2.38 bits per heavy atom. The second-order valence-electron chi connectivity index (χ2n) is 4.08. The second kappa shape index (κ2) is 4.75. The summed E-state index contributed by atoms with van der Waals surface area (Å²) in [5.74, 6) is 0.138. The van der Waals surface area contributed by atoms with Crippen LogP contribution in [0.25, 0.3) is 0 Å². The number of hydrogen-bond donors (Lipinski definition) is 1. The normalized spacial score (nSPS) is 12.3. The lowest BCUT2D eigenvalue weighted by molar-refractivity contribution is 0.577. The van der Waals surface area contributed by atoms with Crippen LogP contribution in [-0.2, 0) is 16.4 Å². The SMILES string of the molecule is CC(C)c1[nH]n(CCS(C)(=O)=O)c(=O)c1Br. The Morgan fingerprint density at radius 2 is 2.00 bits per heavy atom. The fraction of sp³-hybridized carbons (Fsp3) is 0.667. The fourth-order valence-corrected chi connectivity index (χ4v) is 2.55. The standard InChI is InChI=1S/C9H15BrN2O3S/c1-6(2)8-7(10)9(13)12(11-8)4-5-16(3,14)15/h6,11H,4-5H2,1-3H3. The van der Waals surface area contributed by atoms with Crippen LogP contribution in [0.4, 0.5) is 0 Å². The van der Waals surface area contributed by atoms with E-state index in [0.717, 1.165) is 11.9 Å². The van der Waals surface area contributed by atoms with Crippen LogP contribution in [0.1, 0.15) is 25.5 Å². The van der Waals surface area contributed by atoms with E-state index in [4.69, 9.17) is 0 Å². The number of rotatable bonds is 4. The maximum Gasteiger partial charge on any atom is 0.281 e. The fourth-order valence-electron chi connectivity index (χ4n) is 1.28. The molecule has 0 amide bonds. The van der Waals surface area contributed by atoms with Crippen LogP contribution >= 0.6 is 15.9 Å². The molecular weight excluding hydrogens is 296 g/mol. The molecule has 1 rings (SSSR count). The lowest BCUT2D eigenvalue weighted by atomic mass is 10.1. The predicted molar refractivity (Wildman–Crippen MR) is 66.6 cm³/mol. The topological polar surface area (TPSA) is 71.9 Å². The number of nitrogens with one attached hydrogen (secondary N) is 1. The molecule has 0 fully saturated rings. The van der Waals surface area contributed by atoms with Crippen molar-refractivity contribution in [2.45, 2.75) is 26.3 Å². The van der Waals surface area contributed by atoms with Gasteiger partial charge >= 0.3 is 0 Å². The Morgan fingerprint density at radius 1 is 1.44 bits per heavy atom. The van der Waals surface area contributed by atoms with Crippen molar-refractivity contribution in [2.75, 3.05) is 12.0 Å². The molecule has 0 aliphatic carbocycles. The molecule has 1 aromatic heterocycles. The predicted octanol–water partition coefficient (Wildman–Crippen LogP) is 1.11. The van der Waals surface area contributed by atoms with E-state index in [1.54, 1.807) is 0 Å². The molecule has 5 nitrogen and oxygen atoms in total. The van der Waals surface area contributed by atoms with E-state index in [9.17, 15) is 13.2 Å². The summed E-state index contributed by atoms with van der Waals surface area (Å²) in [5.41, 5.74) is 0.575. The summed E-state index contributed by atoms with van der Waals surface area (Å²) in [6, 6.07) is 0. The van der Waals surface area contributed by atoms with E-state index in [1.807, 2.05) is 13.8 Å². The number of nitrogens with zero attached hydrogens (tertiary/aromatic N) is 1. The molecule has 0 radical (unpaired) electrons. The number of aromatic nitrogens is 2. The molecule has 0 saturated heterocycles. The quantitative estimate of drug-likeness (QED) is 0.905. The van der Waals surface area contributed by atoms with Crippen LogP contribution in [0, 0.1) is 0 Å². The zero-order valence-electron chi connectivity index (χ0n) is 9.45. The first kappa shape index (κ1) is 13.5. The molecular formula is C9H15BrN2O3S. The first-order valence-corrected chi connectivity index (χ1v) is 7.73. The highest BCUT2D eigenvalue weighted by atomic mass is 79.9. The molecule has 0 aliphatic rings. The molecule has 7 heteroatoms. The summed E-state index contributed by atoms with van der Waals surface area (Å²) in [5, 5.41) is 2.91. The summed E-state index contributed by atoms with van der Waals surface area (Å²) in [6.45, 7) is 4.07. The first-order valence-electron chi connectivity index (χ1n) is 4.88. The molecule has 1 heterocycles. The third-order valence-electron chi connectivity index (χ3n) is 2.19. The molecule has 0 saturated carbocycles. The average molecular weight is 311 g/mol. The van der Waals surface area contributed by atoms with Crippen LogP contribution in [0.5, 0.6) is 0 Å². The van der Waals surface area contributed by atoms with Crippen LogP contribution < -0.4 is 5.56 Å². The molecule has 0 unspecified atom stereocenters. The number of sulfone groups is 1. The Labute approximate surface area is 103 Å². The van der Waals surface area contributed by atoms with Crippen molar-refractivity contribution in [3.8, 4) is 0 Å². The summed E-state index contributed by atoms with van der Waals surface area (Å²) < 4.78 is 23.8. The van der Waals surface area contributed by atoms with Crippen molar-refractivity contribution in [1.82, 2.24) is 9.78 Å². The maximum atomic E-state index is 11.7. The van der Waals surface area contributed by atoms with Gasteiger partial charge in [0.1, 0.15) is 14.3 Å². The van der Waals surface area contributed by atoms with Crippen molar-refractivity contribution in [3.63, 3.8) is 0 Å². The van der Waals surface area contributed by atoms with Gasteiger partial charge in [0, 0.05) is 6.26 Å².